The normalized spacial score (nSPS) is 26.4. The highest BCUT2D eigenvalue weighted by atomic mass is 14.9. The second kappa shape index (κ2) is 11.5. The zero-order valence-electron chi connectivity index (χ0n) is 20.2. The first-order valence-corrected chi connectivity index (χ1v) is 11.8. The van der Waals surface area contributed by atoms with Gasteiger partial charge < -0.3 is 5.32 Å². The predicted octanol–water partition coefficient (Wildman–Crippen LogP) is 7.87. The summed E-state index contributed by atoms with van der Waals surface area (Å²) in [6.45, 7) is 22.0. The fourth-order valence-electron chi connectivity index (χ4n) is 4.28. The SMILES string of the molecule is C=CC(C)CC(=CCC(=C)C1=CC(NC(C)C2=CC(C)C(C)C(C)=C2)CC=C1)CC. The van der Waals surface area contributed by atoms with Crippen molar-refractivity contribution in [1.82, 2.24) is 5.32 Å². The van der Waals surface area contributed by atoms with Crippen LogP contribution in [-0.4, -0.2) is 12.1 Å². The van der Waals surface area contributed by atoms with E-state index < -0.39 is 0 Å². The van der Waals surface area contributed by atoms with Gasteiger partial charge in [0.1, 0.15) is 0 Å². The van der Waals surface area contributed by atoms with E-state index in [1.165, 1.54) is 27.9 Å². The highest BCUT2D eigenvalue weighted by molar-refractivity contribution is 5.43. The molecule has 0 aromatic carbocycles. The van der Waals surface area contributed by atoms with Crippen molar-refractivity contribution < 1.29 is 0 Å². The first-order valence-electron chi connectivity index (χ1n) is 11.8. The van der Waals surface area contributed by atoms with Crippen molar-refractivity contribution in [2.24, 2.45) is 17.8 Å². The smallest absolute Gasteiger partial charge is 0.0299 e. The Balaban J connectivity index is 2.00. The van der Waals surface area contributed by atoms with Crippen LogP contribution in [0.1, 0.15) is 67.2 Å². The van der Waals surface area contributed by atoms with Crippen molar-refractivity contribution in [3.8, 4) is 0 Å². The summed E-state index contributed by atoms with van der Waals surface area (Å²) in [5.41, 5.74) is 6.90. The summed E-state index contributed by atoms with van der Waals surface area (Å²) >= 11 is 0. The van der Waals surface area contributed by atoms with Crippen LogP contribution >= 0.6 is 0 Å². The Kier molecular flexibility index (Phi) is 9.37. The molecule has 0 aromatic heterocycles. The first-order chi connectivity index (χ1) is 14.2. The number of hydrogen-bond acceptors (Lipinski definition) is 1. The van der Waals surface area contributed by atoms with E-state index >= 15 is 0 Å². The molecule has 0 saturated carbocycles. The van der Waals surface area contributed by atoms with Crippen molar-refractivity contribution in [3.05, 3.63) is 83.6 Å². The molecule has 2 aliphatic rings. The van der Waals surface area contributed by atoms with Gasteiger partial charge in [0.15, 0.2) is 0 Å². The Bertz CT molecular complexity index is 770. The van der Waals surface area contributed by atoms with Gasteiger partial charge in [-0.3, -0.25) is 0 Å². The fourth-order valence-corrected chi connectivity index (χ4v) is 4.28. The summed E-state index contributed by atoms with van der Waals surface area (Å²) in [5, 5.41) is 3.83. The van der Waals surface area contributed by atoms with Crippen LogP contribution in [0.4, 0.5) is 0 Å². The van der Waals surface area contributed by atoms with Crippen LogP contribution in [0, 0.1) is 17.8 Å². The van der Waals surface area contributed by atoms with Crippen LogP contribution in [-0.2, 0) is 0 Å². The molecule has 0 fully saturated rings. The van der Waals surface area contributed by atoms with Gasteiger partial charge in [0.2, 0.25) is 0 Å². The Labute approximate surface area is 186 Å². The number of nitrogens with one attached hydrogen (secondary N) is 1. The maximum atomic E-state index is 4.38. The zero-order valence-corrected chi connectivity index (χ0v) is 20.2. The lowest BCUT2D eigenvalue weighted by atomic mass is 9.81. The molecule has 1 N–H and O–H groups in total. The summed E-state index contributed by atoms with van der Waals surface area (Å²) < 4.78 is 0. The Hall–Kier alpha value is -1.86. The number of rotatable bonds is 10. The third kappa shape index (κ3) is 6.84. The molecular weight excluding hydrogens is 362 g/mol. The second-order valence-corrected chi connectivity index (χ2v) is 9.40. The number of hydrogen-bond donors (Lipinski definition) is 1. The molecule has 5 atom stereocenters. The van der Waals surface area contributed by atoms with Crippen molar-refractivity contribution in [1.29, 1.82) is 0 Å². The Morgan fingerprint density at radius 2 is 2.00 bits per heavy atom. The minimum absolute atomic E-state index is 0.351. The van der Waals surface area contributed by atoms with Gasteiger partial charge in [-0.15, -0.1) is 6.58 Å². The summed E-state index contributed by atoms with van der Waals surface area (Å²) in [6, 6.07) is 0.709. The molecule has 0 saturated heterocycles. The summed E-state index contributed by atoms with van der Waals surface area (Å²) in [7, 11) is 0. The number of allylic oxidation sites excluding steroid dienone is 8. The van der Waals surface area contributed by atoms with Crippen molar-refractivity contribution in [3.63, 3.8) is 0 Å². The molecule has 0 aliphatic heterocycles. The largest absolute Gasteiger partial charge is 0.304 e. The van der Waals surface area contributed by atoms with Crippen LogP contribution in [0.15, 0.2) is 83.6 Å². The van der Waals surface area contributed by atoms with E-state index in [1.807, 2.05) is 6.08 Å². The van der Waals surface area contributed by atoms with Crippen LogP contribution in [0.25, 0.3) is 0 Å². The summed E-state index contributed by atoms with van der Waals surface area (Å²) in [6.07, 6.45) is 20.3. The molecule has 0 heterocycles. The fraction of sp³-hybridized carbons (Fsp3) is 0.517. The molecule has 2 aliphatic carbocycles. The van der Waals surface area contributed by atoms with Gasteiger partial charge >= 0.3 is 0 Å². The van der Waals surface area contributed by atoms with E-state index in [0.717, 1.165) is 25.7 Å². The van der Waals surface area contributed by atoms with Crippen LogP contribution in [0.2, 0.25) is 0 Å². The van der Waals surface area contributed by atoms with E-state index in [9.17, 15) is 0 Å². The quantitative estimate of drug-likeness (QED) is 0.365. The Morgan fingerprint density at radius 1 is 1.27 bits per heavy atom. The van der Waals surface area contributed by atoms with Crippen molar-refractivity contribution in [2.75, 3.05) is 0 Å². The Morgan fingerprint density at radius 3 is 2.63 bits per heavy atom. The van der Waals surface area contributed by atoms with Gasteiger partial charge in [-0.1, -0.05) is 88.0 Å². The van der Waals surface area contributed by atoms with E-state index in [-0.39, 0.29) is 0 Å². The van der Waals surface area contributed by atoms with Crippen LogP contribution in [0.3, 0.4) is 0 Å². The third-order valence-electron chi connectivity index (χ3n) is 6.87. The highest BCUT2D eigenvalue weighted by Gasteiger charge is 2.21. The molecule has 0 radical (unpaired) electrons. The van der Waals surface area contributed by atoms with Gasteiger partial charge in [0.05, 0.1) is 0 Å². The van der Waals surface area contributed by atoms with Gasteiger partial charge in [-0.25, -0.2) is 0 Å². The molecule has 1 heteroatoms. The highest BCUT2D eigenvalue weighted by Crippen LogP contribution is 2.30. The molecule has 0 aromatic rings. The van der Waals surface area contributed by atoms with Gasteiger partial charge in [-0.05, 0) is 74.0 Å². The molecule has 164 valence electrons. The van der Waals surface area contributed by atoms with E-state index in [1.54, 1.807) is 0 Å². The lowest BCUT2D eigenvalue weighted by Crippen LogP contribution is -2.37. The molecule has 5 unspecified atom stereocenters. The topological polar surface area (TPSA) is 12.0 Å². The molecule has 1 nitrogen and oxygen atoms in total. The lowest BCUT2D eigenvalue weighted by molar-refractivity contribution is 0.495. The van der Waals surface area contributed by atoms with Crippen LogP contribution in [0.5, 0.6) is 0 Å². The first kappa shape index (κ1) is 24.4. The van der Waals surface area contributed by atoms with Gasteiger partial charge in [0, 0.05) is 12.1 Å². The monoisotopic (exact) mass is 405 g/mol. The molecule has 2 rings (SSSR count). The summed E-state index contributed by atoms with van der Waals surface area (Å²) in [4.78, 5) is 0. The van der Waals surface area contributed by atoms with Gasteiger partial charge in [0.25, 0.3) is 0 Å². The maximum absolute atomic E-state index is 4.38. The lowest BCUT2D eigenvalue weighted by Gasteiger charge is -2.29. The average Bonchev–Trinajstić information content (AvgIpc) is 2.74. The van der Waals surface area contributed by atoms with Crippen molar-refractivity contribution in [2.45, 2.75) is 79.3 Å². The zero-order chi connectivity index (χ0) is 22.3. The van der Waals surface area contributed by atoms with E-state index in [4.69, 9.17) is 0 Å². The predicted molar refractivity (Wildman–Crippen MR) is 135 cm³/mol. The maximum Gasteiger partial charge on any atom is 0.0299 e. The molecule has 0 amide bonds. The molecule has 0 spiro atoms. The van der Waals surface area contributed by atoms with Gasteiger partial charge in [-0.2, -0.15) is 0 Å². The second-order valence-electron chi connectivity index (χ2n) is 9.40. The molecule has 0 bridgehead atoms. The van der Waals surface area contributed by atoms with Crippen LogP contribution < -0.4 is 5.32 Å². The standard InChI is InChI=1S/C29H43N/c1-9-20(3)16-26(10-2)15-14-21(4)27-12-11-13-29(19-27)30-25(8)28-17-22(5)24(7)23(6)18-28/h9,11-12,15,17-20,22,24-25,29-30H,1,4,10,13-14,16H2,2-3,5-8H3. The molecular formula is C29H43N. The summed E-state index contributed by atoms with van der Waals surface area (Å²) in [5.74, 6) is 1.78. The minimum Gasteiger partial charge on any atom is -0.304 e. The molecule has 30 heavy (non-hydrogen) atoms. The van der Waals surface area contributed by atoms with E-state index in [2.05, 4.69) is 96.5 Å². The third-order valence-corrected chi connectivity index (χ3v) is 6.87. The minimum atomic E-state index is 0.351. The average molecular weight is 406 g/mol. The van der Waals surface area contributed by atoms with Crippen molar-refractivity contribution >= 4 is 0 Å². The van der Waals surface area contributed by atoms with E-state index in [0.29, 0.717) is 29.8 Å².